The minimum absolute atomic E-state index is 0.0696. The zero-order valence-corrected chi connectivity index (χ0v) is 12.3. The van der Waals surface area contributed by atoms with Gasteiger partial charge in [-0.05, 0) is 24.6 Å². The van der Waals surface area contributed by atoms with E-state index in [0.717, 1.165) is 12.6 Å². The number of anilines is 3. The van der Waals surface area contributed by atoms with Crippen molar-refractivity contribution in [3.05, 3.63) is 40.5 Å². The third-order valence-electron chi connectivity index (χ3n) is 2.46. The van der Waals surface area contributed by atoms with Gasteiger partial charge in [-0.2, -0.15) is 4.98 Å². The summed E-state index contributed by atoms with van der Waals surface area (Å²) in [7, 11) is 0. The molecular weight excluding hydrogens is 330 g/mol. The summed E-state index contributed by atoms with van der Waals surface area (Å²) in [6.07, 6.45) is 1.94. The molecule has 0 aliphatic carbocycles. The highest BCUT2D eigenvalue weighted by Gasteiger charge is 2.10. The summed E-state index contributed by atoms with van der Waals surface area (Å²) >= 11 is 3.16. The maximum absolute atomic E-state index is 13.7. The third kappa shape index (κ3) is 3.63. The van der Waals surface area contributed by atoms with Crippen LogP contribution in [0.2, 0.25) is 0 Å². The first kappa shape index (κ1) is 14.6. The Morgan fingerprint density at radius 1 is 1.25 bits per heavy atom. The molecule has 20 heavy (non-hydrogen) atoms. The van der Waals surface area contributed by atoms with Crippen molar-refractivity contribution in [2.45, 2.75) is 13.3 Å². The maximum Gasteiger partial charge on any atom is 0.224 e. The second-order valence-corrected chi connectivity index (χ2v) is 4.98. The Kier molecular flexibility index (Phi) is 4.84. The summed E-state index contributed by atoms with van der Waals surface area (Å²) in [5.74, 6) is -0.914. The fraction of sp³-hybridized carbons (Fsp3) is 0.231. The molecule has 4 nitrogen and oxygen atoms in total. The summed E-state index contributed by atoms with van der Waals surface area (Å²) in [6.45, 7) is 2.67. The molecule has 0 fully saturated rings. The number of hydrogen-bond donors (Lipinski definition) is 2. The van der Waals surface area contributed by atoms with E-state index in [2.05, 4.69) is 36.5 Å². The second-order valence-electron chi connectivity index (χ2n) is 4.07. The normalized spacial score (nSPS) is 10.4. The molecule has 0 atom stereocenters. The third-order valence-corrected chi connectivity index (χ3v) is 2.95. The van der Waals surface area contributed by atoms with Gasteiger partial charge in [-0.15, -0.1) is 0 Å². The molecule has 7 heteroatoms. The van der Waals surface area contributed by atoms with Crippen molar-refractivity contribution in [2.75, 3.05) is 17.2 Å². The molecule has 0 aliphatic heterocycles. The van der Waals surface area contributed by atoms with Gasteiger partial charge in [0.05, 0.1) is 11.9 Å². The predicted octanol–water partition coefficient (Wildman–Crippen LogP) is 4.08. The Balaban J connectivity index is 2.23. The molecule has 0 saturated heterocycles. The van der Waals surface area contributed by atoms with Crippen molar-refractivity contribution in [1.29, 1.82) is 0 Å². The summed E-state index contributed by atoms with van der Waals surface area (Å²) < 4.78 is 27.9. The largest absolute Gasteiger partial charge is 0.354 e. The Morgan fingerprint density at radius 3 is 2.75 bits per heavy atom. The predicted molar refractivity (Wildman–Crippen MR) is 78.2 cm³/mol. The first-order valence-electron chi connectivity index (χ1n) is 6.08. The van der Waals surface area contributed by atoms with Gasteiger partial charge in [-0.25, -0.2) is 13.8 Å². The van der Waals surface area contributed by atoms with Crippen molar-refractivity contribution in [2.24, 2.45) is 0 Å². The van der Waals surface area contributed by atoms with Gasteiger partial charge in [0.1, 0.15) is 5.82 Å². The number of hydrogen-bond acceptors (Lipinski definition) is 4. The van der Waals surface area contributed by atoms with Gasteiger partial charge in [-0.3, -0.25) is 0 Å². The van der Waals surface area contributed by atoms with E-state index in [-0.39, 0.29) is 11.5 Å². The summed E-state index contributed by atoms with van der Waals surface area (Å²) in [6, 6.07) is 4.44. The molecule has 0 aliphatic rings. The van der Waals surface area contributed by atoms with E-state index in [9.17, 15) is 8.78 Å². The Hall–Kier alpha value is -1.76. The van der Waals surface area contributed by atoms with Crippen molar-refractivity contribution < 1.29 is 8.78 Å². The SMILES string of the molecule is CCCNc1ncc(F)c(Nc2ccc(Br)cc2F)n1. The fourth-order valence-corrected chi connectivity index (χ4v) is 1.83. The average Bonchev–Trinajstić information content (AvgIpc) is 2.42. The minimum atomic E-state index is -0.644. The van der Waals surface area contributed by atoms with Crippen molar-refractivity contribution in [3.8, 4) is 0 Å². The lowest BCUT2D eigenvalue weighted by Crippen LogP contribution is -2.07. The molecule has 0 bridgehead atoms. The molecule has 106 valence electrons. The van der Waals surface area contributed by atoms with Crippen LogP contribution in [0, 0.1) is 11.6 Å². The van der Waals surface area contributed by atoms with Crippen LogP contribution < -0.4 is 10.6 Å². The summed E-state index contributed by atoms with van der Waals surface area (Å²) in [5.41, 5.74) is 0.146. The monoisotopic (exact) mass is 342 g/mol. The lowest BCUT2D eigenvalue weighted by atomic mass is 10.3. The number of rotatable bonds is 5. The second kappa shape index (κ2) is 6.60. The van der Waals surface area contributed by atoms with Gasteiger partial charge in [0.25, 0.3) is 0 Å². The number of halogens is 3. The molecular formula is C13H13BrF2N4. The first-order chi connectivity index (χ1) is 9.60. The van der Waals surface area contributed by atoms with E-state index in [4.69, 9.17) is 0 Å². The highest BCUT2D eigenvalue weighted by molar-refractivity contribution is 9.10. The smallest absolute Gasteiger partial charge is 0.224 e. The van der Waals surface area contributed by atoms with Crippen molar-refractivity contribution in [1.82, 2.24) is 9.97 Å². The van der Waals surface area contributed by atoms with Crippen LogP contribution in [0.3, 0.4) is 0 Å². The van der Waals surface area contributed by atoms with Gasteiger partial charge < -0.3 is 10.6 Å². The van der Waals surface area contributed by atoms with Crippen molar-refractivity contribution in [3.63, 3.8) is 0 Å². The van der Waals surface area contributed by atoms with Gasteiger partial charge >= 0.3 is 0 Å². The zero-order valence-electron chi connectivity index (χ0n) is 10.8. The van der Waals surface area contributed by atoms with E-state index in [1.807, 2.05) is 6.92 Å². The standard InChI is InChI=1S/C13H13BrF2N4/c1-2-5-17-13-18-7-10(16)12(20-13)19-11-4-3-8(14)6-9(11)15/h3-4,6-7H,2,5H2,1H3,(H2,17,18,19,20). The van der Waals surface area contributed by atoms with E-state index < -0.39 is 11.6 Å². The summed E-state index contributed by atoms with van der Waals surface area (Å²) in [4.78, 5) is 7.80. The number of benzene rings is 1. The van der Waals surface area contributed by atoms with Crippen LogP contribution in [0.1, 0.15) is 13.3 Å². The van der Waals surface area contributed by atoms with Gasteiger partial charge in [-0.1, -0.05) is 22.9 Å². The van der Waals surface area contributed by atoms with Crippen LogP contribution in [-0.4, -0.2) is 16.5 Å². The number of aromatic nitrogens is 2. The molecule has 2 rings (SSSR count). The molecule has 0 unspecified atom stereocenters. The number of nitrogens with one attached hydrogen (secondary N) is 2. The Bertz CT molecular complexity index is 607. The number of nitrogens with zero attached hydrogens (tertiary/aromatic N) is 2. The molecule has 1 aromatic heterocycles. The highest BCUT2D eigenvalue weighted by atomic mass is 79.9. The molecule has 0 amide bonds. The molecule has 1 heterocycles. The van der Waals surface area contributed by atoms with Crippen LogP contribution >= 0.6 is 15.9 Å². The lowest BCUT2D eigenvalue weighted by Gasteiger charge is -2.09. The van der Waals surface area contributed by atoms with E-state index in [0.29, 0.717) is 17.0 Å². The van der Waals surface area contributed by atoms with Gasteiger partial charge in [0.15, 0.2) is 11.6 Å². The van der Waals surface area contributed by atoms with Gasteiger partial charge in [0, 0.05) is 11.0 Å². The summed E-state index contributed by atoms with van der Waals surface area (Å²) in [5, 5.41) is 5.56. The highest BCUT2D eigenvalue weighted by Crippen LogP contribution is 2.23. The van der Waals surface area contributed by atoms with E-state index >= 15 is 0 Å². The van der Waals surface area contributed by atoms with Crippen LogP contribution in [0.25, 0.3) is 0 Å². The minimum Gasteiger partial charge on any atom is -0.354 e. The van der Waals surface area contributed by atoms with Crippen LogP contribution in [0.5, 0.6) is 0 Å². The molecule has 2 aromatic rings. The van der Waals surface area contributed by atoms with Crippen LogP contribution in [0.4, 0.5) is 26.2 Å². The van der Waals surface area contributed by atoms with E-state index in [1.54, 1.807) is 6.07 Å². The van der Waals surface area contributed by atoms with E-state index in [1.165, 1.54) is 12.1 Å². The molecule has 2 N–H and O–H groups in total. The molecule has 0 saturated carbocycles. The zero-order chi connectivity index (χ0) is 14.5. The lowest BCUT2D eigenvalue weighted by molar-refractivity contribution is 0.616. The van der Waals surface area contributed by atoms with Crippen molar-refractivity contribution >= 4 is 33.4 Å². The topological polar surface area (TPSA) is 49.8 Å². The first-order valence-corrected chi connectivity index (χ1v) is 6.88. The molecule has 0 radical (unpaired) electrons. The maximum atomic E-state index is 13.7. The average molecular weight is 343 g/mol. The molecule has 1 aromatic carbocycles. The Labute approximate surface area is 123 Å². The van der Waals surface area contributed by atoms with Crippen LogP contribution in [-0.2, 0) is 0 Å². The molecule has 0 spiro atoms. The van der Waals surface area contributed by atoms with Gasteiger partial charge in [0.2, 0.25) is 5.95 Å². The fourth-order valence-electron chi connectivity index (χ4n) is 1.50. The Morgan fingerprint density at radius 2 is 2.05 bits per heavy atom. The quantitative estimate of drug-likeness (QED) is 0.859. The van der Waals surface area contributed by atoms with Crippen LogP contribution in [0.15, 0.2) is 28.9 Å².